The quantitative estimate of drug-likeness (QED) is 0.696. The van der Waals surface area contributed by atoms with Crippen molar-refractivity contribution in [1.82, 2.24) is 5.32 Å². The van der Waals surface area contributed by atoms with Crippen LogP contribution in [0.4, 0.5) is 0 Å². The Morgan fingerprint density at radius 3 is 2.75 bits per heavy atom. The summed E-state index contributed by atoms with van der Waals surface area (Å²) in [6.45, 7) is 3.74. The Morgan fingerprint density at radius 2 is 2.06 bits per heavy atom. The molecule has 88 valence electrons. The zero-order valence-electron chi connectivity index (χ0n) is 9.70. The van der Waals surface area contributed by atoms with E-state index < -0.39 is 5.97 Å². The maximum Gasteiger partial charge on any atom is 0.336 e. The molecule has 0 aliphatic heterocycles. The Labute approximate surface area is 96.5 Å². The number of nitrogens with one attached hydrogen (secondary N) is 1. The van der Waals surface area contributed by atoms with Crippen LogP contribution in [0.2, 0.25) is 0 Å². The fourth-order valence-electron chi connectivity index (χ4n) is 1.61. The number of carboxylic acid groups (broad SMARTS) is 1. The van der Waals surface area contributed by atoms with Crippen LogP contribution in [0.15, 0.2) is 24.3 Å². The third-order valence-corrected chi connectivity index (χ3v) is 2.52. The van der Waals surface area contributed by atoms with E-state index in [2.05, 4.69) is 12.2 Å². The van der Waals surface area contributed by atoms with Crippen molar-refractivity contribution < 1.29 is 9.90 Å². The van der Waals surface area contributed by atoms with Gasteiger partial charge in [-0.05, 0) is 24.6 Å². The SMILES string of the molecule is CCCCCNCc1ccccc1C(=O)O. The predicted octanol–water partition coefficient (Wildman–Crippen LogP) is 2.66. The van der Waals surface area contributed by atoms with E-state index in [1.54, 1.807) is 12.1 Å². The van der Waals surface area contributed by atoms with Gasteiger partial charge in [-0.3, -0.25) is 0 Å². The highest BCUT2D eigenvalue weighted by Crippen LogP contribution is 2.08. The van der Waals surface area contributed by atoms with Crippen molar-refractivity contribution in [2.75, 3.05) is 6.54 Å². The van der Waals surface area contributed by atoms with Crippen molar-refractivity contribution in [3.05, 3.63) is 35.4 Å². The fourth-order valence-corrected chi connectivity index (χ4v) is 1.61. The van der Waals surface area contributed by atoms with Gasteiger partial charge in [0.25, 0.3) is 0 Å². The molecule has 0 amide bonds. The molecule has 3 nitrogen and oxygen atoms in total. The van der Waals surface area contributed by atoms with Crippen LogP contribution < -0.4 is 5.32 Å². The maximum atomic E-state index is 10.9. The fraction of sp³-hybridized carbons (Fsp3) is 0.462. The molecule has 0 aliphatic carbocycles. The summed E-state index contributed by atoms with van der Waals surface area (Å²) in [5.74, 6) is -0.856. The average Bonchev–Trinajstić information content (AvgIpc) is 2.29. The number of carbonyl (C=O) groups is 1. The number of rotatable bonds is 7. The summed E-state index contributed by atoms with van der Waals surface area (Å²) in [5.41, 5.74) is 1.25. The third-order valence-electron chi connectivity index (χ3n) is 2.52. The minimum absolute atomic E-state index is 0.394. The first-order chi connectivity index (χ1) is 7.75. The van der Waals surface area contributed by atoms with E-state index in [9.17, 15) is 4.79 Å². The average molecular weight is 221 g/mol. The van der Waals surface area contributed by atoms with Crippen LogP contribution in [0.25, 0.3) is 0 Å². The Kier molecular flexibility index (Phi) is 5.57. The van der Waals surface area contributed by atoms with Crippen molar-refractivity contribution in [3.8, 4) is 0 Å². The molecular weight excluding hydrogens is 202 g/mol. The second kappa shape index (κ2) is 7.01. The summed E-state index contributed by atoms with van der Waals surface area (Å²) in [5, 5.41) is 12.2. The first-order valence-electron chi connectivity index (χ1n) is 5.77. The van der Waals surface area contributed by atoms with Crippen molar-refractivity contribution in [2.24, 2.45) is 0 Å². The van der Waals surface area contributed by atoms with Crippen LogP contribution in [0.1, 0.15) is 42.1 Å². The maximum absolute atomic E-state index is 10.9. The van der Waals surface area contributed by atoms with Gasteiger partial charge in [-0.15, -0.1) is 0 Å². The summed E-state index contributed by atoms with van der Waals surface area (Å²) < 4.78 is 0. The number of hydrogen-bond acceptors (Lipinski definition) is 2. The summed E-state index contributed by atoms with van der Waals surface area (Å²) in [7, 11) is 0. The molecule has 1 aromatic rings. The van der Waals surface area contributed by atoms with Crippen LogP contribution in [-0.4, -0.2) is 17.6 Å². The van der Waals surface area contributed by atoms with Crippen LogP contribution >= 0.6 is 0 Å². The van der Waals surface area contributed by atoms with Crippen molar-refractivity contribution in [1.29, 1.82) is 0 Å². The van der Waals surface area contributed by atoms with Crippen LogP contribution in [0.5, 0.6) is 0 Å². The number of carboxylic acids is 1. The molecular formula is C13H19NO2. The van der Waals surface area contributed by atoms with Crippen molar-refractivity contribution in [3.63, 3.8) is 0 Å². The summed E-state index contributed by atoms with van der Waals surface area (Å²) in [4.78, 5) is 10.9. The summed E-state index contributed by atoms with van der Waals surface area (Å²) >= 11 is 0. The molecule has 1 rings (SSSR count). The van der Waals surface area contributed by atoms with E-state index in [1.165, 1.54) is 12.8 Å². The molecule has 16 heavy (non-hydrogen) atoms. The van der Waals surface area contributed by atoms with Gasteiger partial charge in [0.15, 0.2) is 0 Å². The normalized spacial score (nSPS) is 10.3. The van der Waals surface area contributed by atoms with E-state index in [0.29, 0.717) is 12.1 Å². The second-order valence-corrected chi connectivity index (χ2v) is 3.85. The van der Waals surface area contributed by atoms with Crippen LogP contribution in [0.3, 0.4) is 0 Å². The predicted molar refractivity (Wildman–Crippen MR) is 64.6 cm³/mol. The Balaban J connectivity index is 2.44. The van der Waals surface area contributed by atoms with Crippen LogP contribution in [-0.2, 0) is 6.54 Å². The topological polar surface area (TPSA) is 49.3 Å². The van der Waals surface area contributed by atoms with Gasteiger partial charge in [-0.1, -0.05) is 38.0 Å². The van der Waals surface area contributed by atoms with E-state index in [0.717, 1.165) is 18.5 Å². The standard InChI is InChI=1S/C13H19NO2/c1-2-3-6-9-14-10-11-7-4-5-8-12(11)13(15)16/h4-5,7-8,14H,2-3,6,9-10H2,1H3,(H,15,16). The van der Waals surface area contributed by atoms with Gasteiger partial charge in [0.05, 0.1) is 5.56 Å². The van der Waals surface area contributed by atoms with Gasteiger partial charge >= 0.3 is 5.97 Å². The molecule has 0 heterocycles. The van der Waals surface area contributed by atoms with Crippen LogP contribution in [0, 0.1) is 0 Å². The first kappa shape index (κ1) is 12.7. The lowest BCUT2D eigenvalue weighted by Gasteiger charge is -2.07. The van der Waals surface area contributed by atoms with E-state index in [4.69, 9.17) is 5.11 Å². The zero-order chi connectivity index (χ0) is 11.8. The molecule has 0 spiro atoms. The molecule has 0 saturated carbocycles. The molecule has 0 saturated heterocycles. The molecule has 0 aliphatic rings. The number of benzene rings is 1. The van der Waals surface area contributed by atoms with Crippen molar-refractivity contribution in [2.45, 2.75) is 32.7 Å². The molecule has 0 fully saturated rings. The number of hydrogen-bond donors (Lipinski definition) is 2. The largest absolute Gasteiger partial charge is 0.478 e. The van der Waals surface area contributed by atoms with Gasteiger partial charge in [0.2, 0.25) is 0 Å². The molecule has 0 aromatic heterocycles. The minimum Gasteiger partial charge on any atom is -0.478 e. The zero-order valence-corrected chi connectivity index (χ0v) is 9.70. The van der Waals surface area contributed by atoms with Gasteiger partial charge in [-0.25, -0.2) is 4.79 Å². The highest BCUT2D eigenvalue weighted by molar-refractivity contribution is 5.89. The lowest BCUT2D eigenvalue weighted by Crippen LogP contribution is -2.16. The summed E-state index contributed by atoms with van der Waals surface area (Å²) in [6.07, 6.45) is 3.56. The highest BCUT2D eigenvalue weighted by Gasteiger charge is 2.07. The third kappa shape index (κ3) is 4.03. The van der Waals surface area contributed by atoms with E-state index >= 15 is 0 Å². The van der Waals surface area contributed by atoms with Crippen molar-refractivity contribution >= 4 is 5.97 Å². The Hall–Kier alpha value is -1.35. The lowest BCUT2D eigenvalue weighted by molar-refractivity contribution is 0.0695. The Bertz CT molecular complexity index is 336. The lowest BCUT2D eigenvalue weighted by atomic mass is 10.1. The van der Waals surface area contributed by atoms with Gasteiger partial charge in [0.1, 0.15) is 0 Å². The molecule has 0 bridgehead atoms. The molecule has 0 unspecified atom stereocenters. The molecule has 1 aromatic carbocycles. The molecule has 0 atom stereocenters. The monoisotopic (exact) mass is 221 g/mol. The number of aromatic carboxylic acids is 1. The first-order valence-corrected chi connectivity index (χ1v) is 5.77. The van der Waals surface area contributed by atoms with Gasteiger partial charge in [0, 0.05) is 6.54 Å². The number of unbranched alkanes of at least 4 members (excludes halogenated alkanes) is 2. The van der Waals surface area contributed by atoms with E-state index in [-0.39, 0.29) is 0 Å². The highest BCUT2D eigenvalue weighted by atomic mass is 16.4. The smallest absolute Gasteiger partial charge is 0.336 e. The van der Waals surface area contributed by atoms with E-state index in [1.807, 2.05) is 12.1 Å². The minimum atomic E-state index is -0.856. The summed E-state index contributed by atoms with van der Waals surface area (Å²) in [6, 6.07) is 7.13. The Morgan fingerprint density at radius 1 is 1.31 bits per heavy atom. The molecule has 2 N–H and O–H groups in total. The van der Waals surface area contributed by atoms with Gasteiger partial charge < -0.3 is 10.4 Å². The molecule has 0 radical (unpaired) electrons. The second-order valence-electron chi connectivity index (χ2n) is 3.85. The molecule has 3 heteroatoms. The van der Waals surface area contributed by atoms with Gasteiger partial charge in [-0.2, -0.15) is 0 Å².